The first-order valence-electron chi connectivity index (χ1n) is 8.81. The van der Waals surface area contributed by atoms with Gasteiger partial charge in [0.15, 0.2) is 17.5 Å². The van der Waals surface area contributed by atoms with E-state index in [4.69, 9.17) is 0 Å². The average Bonchev–Trinajstić information content (AvgIpc) is 3.10. The highest BCUT2D eigenvalue weighted by atomic mass is 19.1. The number of benzene rings is 2. The molecule has 6 heteroatoms. The van der Waals surface area contributed by atoms with Crippen LogP contribution in [0.25, 0.3) is 0 Å². The molecule has 0 amide bonds. The minimum atomic E-state index is -0.614. The van der Waals surface area contributed by atoms with Crippen molar-refractivity contribution in [1.29, 1.82) is 0 Å². The molecule has 1 aliphatic rings. The van der Waals surface area contributed by atoms with Crippen LogP contribution in [0.15, 0.2) is 47.5 Å². The van der Waals surface area contributed by atoms with Gasteiger partial charge in [0, 0.05) is 38.4 Å². The molecule has 2 aromatic carbocycles. The van der Waals surface area contributed by atoms with E-state index in [0.29, 0.717) is 18.5 Å². The lowest BCUT2D eigenvalue weighted by molar-refractivity contribution is 0.431. The van der Waals surface area contributed by atoms with Crippen molar-refractivity contribution in [1.82, 2.24) is 10.6 Å². The Labute approximate surface area is 153 Å². The fraction of sp³-hybridized carbons (Fsp3) is 0.350. The third kappa shape index (κ3) is 4.45. The fourth-order valence-corrected chi connectivity index (χ4v) is 3.10. The summed E-state index contributed by atoms with van der Waals surface area (Å²) in [7, 11) is 1.72. The number of hydrogen-bond donors (Lipinski definition) is 3. The van der Waals surface area contributed by atoms with Gasteiger partial charge in [-0.3, -0.25) is 4.99 Å². The normalized spacial score (nSPS) is 17.4. The van der Waals surface area contributed by atoms with Gasteiger partial charge in [-0.15, -0.1) is 0 Å². The van der Waals surface area contributed by atoms with Gasteiger partial charge in [-0.05, 0) is 43.2 Å². The van der Waals surface area contributed by atoms with Crippen molar-refractivity contribution in [2.75, 3.05) is 25.0 Å². The molecule has 5 nitrogen and oxygen atoms in total. The van der Waals surface area contributed by atoms with E-state index < -0.39 is 5.82 Å². The molecule has 1 fully saturated rings. The molecule has 1 atom stereocenters. The third-order valence-corrected chi connectivity index (χ3v) is 4.62. The summed E-state index contributed by atoms with van der Waals surface area (Å²) in [5.41, 5.74) is 3.25. The summed E-state index contributed by atoms with van der Waals surface area (Å²) in [5.74, 6) is -0.260. The summed E-state index contributed by atoms with van der Waals surface area (Å²) in [6.07, 6.45) is 1.03. The molecular weight excluding hydrogens is 331 g/mol. The Morgan fingerprint density at radius 3 is 2.73 bits per heavy atom. The molecule has 1 saturated heterocycles. The van der Waals surface area contributed by atoms with Crippen molar-refractivity contribution in [3.05, 3.63) is 59.4 Å². The van der Waals surface area contributed by atoms with Crippen molar-refractivity contribution < 1.29 is 9.50 Å². The number of aliphatic imine (C=N–C) groups is 1. The SMILES string of the molecule is CN=C(NCc1ccc(O)c(F)c1)NC1CCN(c2ccc(C)cc2)C1. The van der Waals surface area contributed by atoms with Gasteiger partial charge in [0.2, 0.25) is 0 Å². The van der Waals surface area contributed by atoms with Crippen molar-refractivity contribution in [2.24, 2.45) is 4.99 Å². The smallest absolute Gasteiger partial charge is 0.191 e. The summed E-state index contributed by atoms with van der Waals surface area (Å²) >= 11 is 0. The van der Waals surface area contributed by atoms with E-state index in [1.165, 1.54) is 23.4 Å². The summed E-state index contributed by atoms with van der Waals surface area (Å²) in [5, 5.41) is 15.9. The van der Waals surface area contributed by atoms with Gasteiger partial charge in [-0.1, -0.05) is 23.8 Å². The standard InChI is InChI=1S/C20H25FN4O/c1-14-3-6-17(7-4-14)25-10-9-16(13-25)24-20(22-2)23-12-15-5-8-19(26)18(21)11-15/h3-8,11,16,26H,9-10,12-13H2,1-2H3,(H2,22,23,24). The maximum Gasteiger partial charge on any atom is 0.191 e. The molecule has 0 bridgehead atoms. The molecule has 1 aliphatic heterocycles. The Hall–Kier alpha value is -2.76. The zero-order valence-electron chi connectivity index (χ0n) is 15.2. The molecule has 138 valence electrons. The van der Waals surface area contributed by atoms with Crippen LogP contribution >= 0.6 is 0 Å². The highest BCUT2D eigenvalue weighted by molar-refractivity contribution is 5.80. The van der Waals surface area contributed by atoms with Crippen molar-refractivity contribution >= 4 is 11.6 Å². The van der Waals surface area contributed by atoms with Crippen molar-refractivity contribution in [3.63, 3.8) is 0 Å². The minimum Gasteiger partial charge on any atom is -0.505 e. The lowest BCUT2D eigenvalue weighted by atomic mass is 10.2. The first-order valence-corrected chi connectivity index (χ1v) is 8.81. The van der Waals surface area contributed by atoms with Crippen LogP contribution in [-0.4, -0.2) is 37.2 Å². The Morgan fingerprint density at radius 1 is 1.27 bits per heavy atom. The predicted octanol–water partition coefficient (Wildman–Crippen LogP) is 2.78. The lowest BCUT2D eigenvalue weighted by Gasteiger charge is -2.20. The molecule has 0 radical (unpaired) electrons. The molecule has 1 heterocycles. The van der Waals surface area contributed by atoms with E-state index in [-0.39, 0.29) is 5.75 Å². The molecule has 3 rings (SSSR count). The van der Waals surface area contributed by atoms with E-state index in [0.717, 1.165) is 25.1 Å². The maximum absolute atomic E-state index is 13.4. The zero-order chi connectivity index (χ0) is 18.5. The molecule has 0 aliphatic carbocycles. The van der Waals surface area contributed by atoms with Gasteiger partial charge in [0.25, 0.3) is 0 Å². The van der Waals surface area contributed by atoms with Crippen LogP contribution in [0.4, 0.5) is 10.1 Å². The molecule has 26 heavy (non-hydrogen) atoms. The second-order valence-electron chi connectivity index (χ2n) is 6.62. The number of nitrogens with zero attached hydrogens (tertiary/aromatic N) is 2. The highest BCUT2D eigenvalue weighted by Gasteiger charge is 2.23. The summed E-state index contributed by atoms with van der Waals surface area (Å²) < 4.78 is 13.4. The van der Waals surface area contributed by atoms with Crippen LogP contribution in [0.2, 0.25) is 0 Å². The molecule has 0 saturated carbocycles. The van der Waals surface area contributed by atoms with Crippen molar-refractivity contribution in [3.8, 4) is 5.75 Å². The van der Waals surface area contributed by atoms with Crippen molar-refractivity contribution in [2.45, 2.75) is 25.9 Å². The van der Waals surface area contributed by atoms with Gasteiger partial charge in [0.1, 0.15) is 0 Å². The Balaban J connectivity index is 1.52. The molecule has 1 unspecified atom stereocenters. The number of hydrogen-bond acceptors (Lipinski definition) is 3. The number of anilines is 1. The van der Waals surface area contributed by atoms with Gasteiger partial charge >= 0.3 is 0 Å². The number of phenols is 1. The number of phenolic OH excluding ortho intramolecular Hbond substituents is 1. The second-order valence-corrected chi connectivity index (χ2v) is 6.62. The molecule has 2 aromatic rings. The highest BCUT2D eigenvalue weighted by Crippen LogP contribution is 2.21. The van der Waals surface area contributed by atoms with E-state index in [1.807, 2.05) is 0 Å². The average molecular weight is 356 g/mol. The van der Waals surface area contributed by atoms with E-state index >= 15 is 0 Å². The van der Waals surface area contributed by atoms with Crippen LogP contribution < -0.4 is 15.5 Å². The Morgan fingerprint density at radius 2 is 2.04 bits per heavy atom. The number of rotatable bonds is 4. The Kier molecular flexibility index (Phi) is 5.61. The number of halogens is 1. The van der Waals surface area contributed by atoms with Crippen LogP contribution in [-0.2, 0) is 6.54 Å². The monoisotopic (exact) mass is 356 g/mol. The van der Waals surface area contributed by atoms with E-state index in [9.17, 15) is 9.50 Å². The first-order chi connectivity index (χ1) is 12.5. The topological polar surface area (TPSA) is 59.9 Å². The lowest BCUT2D eigenvalue weighted by Crippen LogP contribution is -2.44. The first kappa shape index (κ1) is 18.0. The fourth-order valence-electron chi connectivity index (χ4n) is 3.10. The summed E-state index contributed by atoms with van der Waals surface area (Å²) in [4.78, 5) is 6.61. The Bertz CT molecular complexity index is 776. The molecule has 3 N–H and O–H groups in total. The minimum absolute atomic E-state index is 0.305. The zero-order valence-corrected chi connectivity index (χ0v) is 15.2. The van der Waals surface area contributed by atoms with Gasteiger partial charge in [-0.2, -0.15) is 0 Å². The van der Waals surface area contributed by atoms with Gasteiger partial charge < -0.3 is 20.6 Å². The summed E-state index contributed by atoms with van der Waals surface area (Å²) in [6, 6.07) is 13.3. The summed E-state index contributed by atoms with van der Waals surface area (Å²) in [6.45, 7) is 4.44. The number of aryl methyl sites for hydroxylation is 1. The predicted molar refractivity (Wildman–Crippen MR) is 103 cm³/mol. The number of aromatic hydroxyl groups is 1. The largest absolute Gasteiger partial charge is 0.505 e. The molecule has 0 spiro atoms. The number of nitrogens with one attached hydrogen (secondary N) is 2. The van der Waals surface area contributed by atoms with Crippen LogP contribution in [0.3, 0.4) is 0 Å². The number of guanidine groups is 1. The van der Waals surface area contributed by atoms with Crippen LogP contribution in [0.5, 0.6) is 5.75 Å². The van der Waals surface area contributed by atoms with Gasteiger partial charge in [0.05, 0.1) is 0 Å². The van der Waals surface area contributed by atoms with Gasteiger partial charge in [-0.25, -0.2) is 4.39 Å². The second kappa shape index (κ2) is 8.08. The van der Waals surface area contributed by atoms with E-state index in [1.54, 1.807) is 13.1 Å². The maximum atomic E-state index is 13.4. The van der Waals surface area contributed by atoms with E-state index in [2.05, 4.69) is 51.7 Å². The molecular formula is C20H25FN4O. The third-order valence-electron chi connectivity index (χ3n) is 4.62. The van der Waals surface area contributed by atoms with Crippen LogP contribution in [0.1, 0.15) is 17.5 Å². The quantitative estimate of drug-likeness (QED) is 0.582. The van der Waals surface area contributed by atoms with Crippen LogP contribution in [0, 0.1) is 12.7 Å². The molecule has 0 aromatic heterocycles.